The molecule has 5 nitrogen and oxygen atoms in total. The quantitative estimate of drug-likeness (QED) is 0.902. The van der Waals surface area contributed by atoms with E-state index in [4.69, 9.17) is 0 Å². The lowest BCUT2D eigenvalue weighted by molar-refractivity contribution is 0.0958. The van der Waals surface area contributed by atoms with Crippen LogP contribution in [0.5, 0.6) is 0 Å². The van der Waals surface area contributed by atoms with Crippen LogP contribution in [0.1, 0.15) is 56.2 Å². The number of pyridine rings is 1. The maximum Gasteiger partial charge on any atom is 0.269 e. The topological polar surface area (TPSA) is 48.5 Å². The Morgan fingerprint density at radius 1 is 1.15 bits per heavy atom. The molecule has 26 heavy (non-hydrogen) atoms. The fraction of sp³-hybridized carbons (Fsp3) is 0.714. The summed E-state index contributed by atoms with van der Waals surface area (Å²) < 4.78 is 0. The predicted octanol–water partition coefficient (Wildman–Crippen LogP) is 3.09. The normalized spacial score (nSPS) is 22.7. The highest BCUT2D eigenvalue weighted by molar-refractivity contribution is 5.92. The number of rotatable bonds is 3. The van der Waals surface area contributed by atoms with E-state index in [0.29, 0.717) is 11.1 Å². The van der Waals surface area contributed by atoms with Crippen LogP contribution in [-0.2, 0) is 0 Å². The largest absolute Gasteiger partial charge is 0.370 e. The van der Waals surface area contributed by atoms with Gasteiger partial charge >= 0.3 is 0 Å². The van der Waals surface area contributed by atoms with Crippen molar-refractivity contribution in [1.29, 1.82) is 0 Å². The summed E-state index contributed by atoms with van der Waals surface area (Å²) in [6.07, 6.45) is 3.77. The van der Waals surface area contributed by atoms with Gasteiger partial charge in [-0.2, -0.15) is 0 Å². The van der Waals surface area contributed by atoms with Crippen molar-refractivity contribution in [3.63, 3.8) is 0 Å². The van der Waals surface area contributed by atoms with E-state index in [9.17, 15) is 4.79 Å². The number of aryl methyl sites for hydroxylation is 1. The maximum atomic E-state index is 11.7. The summed E-state index contributed by atoms with van der Waals surface area (Å²) in [5.41, 5.74) is 3.03. The molecule has 2 fully saturated rings. The molecular weight excluding hydrogens is 324 g/mol. The lowest BCUT2D eigenvalue weighted by atomic mass is 9.80. The Morgan fingerprint density at radius 3 is 2.38 bits per heavy atom. The molecule has 0 aromatic carbocycles. The molecule has 2 saturated heterocycles. The van der Waals surface area contributed by atoms with E-state index < -0.39 is 0 Å². The predicted molar refractivity (Wildman–Crippen MR) is 107 cm³/mol. The number of aromatic nitrogens is 1. The van der Waals surface area contributed by atoms with Crippen LogP contribution in [0.25, 0.3) is 0 Å². The summed E-state index contributed by atoms with van der Waals surface area (Å²) in [6, 6.07) is 4.61. The van der Waals surface area contributed by atoms with E-state index >= 15 is 0 Å². The van der Waals surface area contributed by atoms with Gasteiger partial charge in [0.05, 0.1) is 11.4 Å². The van der Waals surface area contributed by atoms with Gasteiger partial charge in [-0.05, 0) is 56.2 Å². The van der Waals surface area contributed by atoms with E-state index in [1.54, 1.807) is 7.05 Å². The maximum absolute atomic E-state index is 11.7. The van der Waals surface area contributed by atoms with Crippen molar-refractivity contribution < 1.29 is 4.79 Å². The number of hydrogen-bond donors (Lipinski definition) is 1. The van der Waals surface area contributed by atoms with Gasteiger partial charge in [-0.1, -0.05) is 20.8 Å². The molecule has 1 N–H and O–H groups in total. The zero-order valence-electron chi connectivity index (χ0n) is 17.0. The van der Waals surface area contributed by atoms with E-state index in [1.165, 1.54) is 38.0 Å². The zero-order chi connectivity index (χ0) is 18.9. The van der Waals surface area contributed by atoms with Crippen LogP contribution in [0.15, 0.2) is 12.1 Å². The molecule has 1 amide bonds. The number of likely N-dealkylation sites (tertiary alicyclic amines) is 1. The third-order valence-corrected chi connectivity index (χ3v) is 6.28. The van der Waals surface area contributed by atoms with Crippen molar-refractivity contribution in [3.8, 4) is 0 Å². The Bertz CT molecular complexity index is 644. The van der Waals surface area contributed by atoms with Crippen LogP contribution in [0.2, 0.25) is 0 Å². The second-order valence-electron chi connectivity index (χ2n) is 8.94. The van der Waals surface area contributed by atoms with Crippen molar-refractivity contribution in [2.24, 2.45) is 11.3 Å². The molecule has 2 aliphatic rings. The zero-order valence-corrected chi connectivity index (χ0v) is 17.0. The summed E-state index contributed by atoms with van der Waals surface area (Å²) >= 11 is 0. The third-order valence-electron chi connectivity index (χ3n) is 6.28. The Morgan fingerprint density at radius 2 is 1.85 bits per heavy atom. The van der Waals surface area contributed by atoms with Gasteiger partial charge < -0.3 is 10.2 Å². The summed E-state index contributed by atoms with van der Waals surface area (Å²) in [5.74, 6) is 0.699. The Labute approximate surface area is 158 Å². The average molecular weight is 359 g/mol. The number of nitrogens with zero attached hydrogens (tertiary/aromatic N) is 3. The van der Waals surface area contributed by atoms with Gasteiger partial charge in [0.15, 0.2) is 0 Å². The number of hydrogen-bond acceptors (Lipinski definition) is 4. The Balaban J connectivity index is 1.58. The summed E-state index contributed by atoms with van der Waals surface area (Å²) in [6.45, 7) is 13.8. The first-order valence-electron chi connectivity index (χ1n) is 9.98. The first-order chi connectivity index (χ1) is 12.3. The molecule has 1 unspecified atom stereocenters. The molecule has 0 saturated carbocycles. The molecule has 1 aromatic heterocycles. The monoisotopic (exact) mass is 358 g/mol. The third kappa shape index (κ3) is 4.03. The van der Waals surface area contributed by atoms with Gasteiger partial charge in [0.2, 0.25) is 0 Å². The average Bonchev–Trinajstić information content (AvgIpc) is 3.11. The van der Waals surface area contributed by atoms with Crippen molar-refractivity contribution >= 4 is 11.6 Å². The first-order valence-corrected chi connectivity index (χ1v) is 9.98. The highest BCUT2D eigenvalue weighted by Crippen LogP contribution is 2.36. The van der Waals surface area contributed by atoms with Crippen molar-refractivity contribution in [1.82, 2.24) is 15.2 Å². The van der Waals surface area contributed by atoms with Crippen molar-refractivity contribution in [2.45, 2.75) is 53.0 Å². The van der Waals surface area contributed by atoms with Crippen molar-refractivity contribution in [3.05, 3.63) is 23.5 Å². The van der Waals surface area contributed by atoms with Crippen LogP contribution in [0.4, 0.5) is 5.69 Å². The van der Waals surface area contributed by atoms with Crippen LogP contribution >= 0.6 is 0 Å². The van der Waals surface area contributed by atoms with Gasteiger partial charge in [0.25, 0.3) is 5.91 Å². The number of nitrogens with one attached hydrogen (secondary N) is 1. The molecule has 1 atom stereocenters. The van der Waals surface area contributed by atoms with E-state index in [1.807, 2.05) is 13.0 Å². The molecule has 3 rings (SSSR count). The number of amides is 1. The fourth-order valence-electron chi connectivity index (χ4n) is 4.44. The molecule has 0 bridgehead atoms. The van der Waals surface area contributed by atoms with Gasteiger partial charge in [-0.25, -0.2) is 4.98 Å². The Kier molecular flexibility index (Phi) is 5.56. The van der Waals surface area contributed by atoms with E-state index in [0.717, 1.165) is 30.7 Å². The standard InChI is InChI=1S/C21H34N4O/c1-15-19(7-6-18(23-15)20(26)22-5)24-12-9-17(10-13-24)25-11-8-16(14-25)21(2,3)4/h6-7,16-17H,8-14H2,1-5H3,(H,22,26). The van der Waals surface area contributed by atoms with Gasteiger partial charge in [0.1, 0.15) is 5.69 Å². The molecule has 3 heterocycles. The first kappa shape index (κ1) is 19.2. The summed E-state index contributed by atoms with van der Waals surface area (Å²) in [4.78, 5) is 21.4. The number of carbonyl (C=O) groups excluding carboxylic acids is 1. The van der Waals surface area contributed by atoms with Crippen LogP contribution < -0.4 is 10.2 Å². The van der Waals surface area contributed by atoms with Gasteiger partial charge in [-0.3, -0.25) is 9.69 Å². The summed E-state index contributed by atoms with van der Waals surface area (Å²) in [7, 11) is 1.64. The Hall–Kier alpha value is -1.62. The van der Waals surface area contributed by atoms with Crippen molar-refractivity contribution in [2.75, 3.05) is 38.1 Å². The summed E-state index contributed by atoms with van der Waals surface area (Å²) in [5, 5.41) is 2.64. The fourth-order valence-corrected chi connectivity index (χ4v) is 4.44. The van der Waals surface area contributed by atoms with Gasteiger partial charge in [-0.15, -0.1) is 0 Å². The minimum absolute atomic E-state index is 0.124. The lowest BCUT2D eigenvalue weighted by Crippen LogP contribution is -2.44. The highest BCUT2D eigenvalue weighted by atomic mass is 16.1. The highest BCUT2D eigenvalue weighted by Gasteiger charge is 2.35. The molecule has 0 spiro atoms. The molecule has 0 aliphatic carbocycles. The van der Waals surface area contributed by atoms with Crippen LogP contribution in [0.3, 0.4) is 0 Å². The molecule has 5 heteroatoms. The molecule has 2 aliphatic heterocycles. The molecule has 1 aromatic rings. The van der Waals surface area contributed by atoms with Crippen LogP contribution in [0, 0.1) is 18.3 Å². The SMILES string of the molecule is CNC(=O)c1ccc(N2CCC(N3CCC(C(C)(C)C)C3)CC2)c(C)n1. The van der Waals surface area contributed by atoms with E-state index in [-0.39, 0.29) is 5.91 Å². The number of anilines is 1. The smallest absolute Gasteiger partial charge is 0.269 e. The second kappa shape index (κ2) is 7.55. The number of carbonyl (C=O) groups is 1. The minimum Gasteiger partial charge on any atom is -0.370 e. The number of piperidine rings is 1. The van der Waals surface area contributed by atoms with Gasteiger partial charge in [0, 0.05) is 32.7 Å². The molecule has 144 valence electrons. The minimum atomic E-state index is -0.124. The lowest BCUT2D eigenvalue weighted by Gasteiger charge is -2.38. The second-order valence-corrected chi connectivity index (χ2v) is 8.94. The van der Waals surface area contributed by atoms with E-state index in [2.05, 4.69) is 46.9 Å². The van der Waals surface area contributed by atoms with Crippen LogP contribution in [-0.4, -0.2) is 55.1 Å². The molecular formula is C21H34N4O. The molecule has 0 radical (unpaired) electrons.